The molecule has 2 heterocycles. The van der Waals surface area contributed by atoms with Crippen molar-refractivity contribution in [1.82, 2.24) is 15.0 Å². The van der Waals surface area contributed by atoms with E-state index in [1.54, 1.807) is 45.9 Å². The summed E-state index contributed by atoms with van der Waals surface area (Å²) in [4.78, 5) is 45.8. The van der Waals surface area contributed by atoms with Crippen LogP contribution in [0.25, 0.3) is 0 Å². The van der Waals surface area contributed by atoms with E-state index in [0.717, 1.165) is 11.1 Å². The van der Waals surface area contributed by atoms with Gasteiger partial charge in [-0.2, -0.15) is 4.98 Å². The van der Waals surface area contributed by atoms with Crippen LogP contribution in [0.1, 0.15) is 26.3 Å². The predicted octanol–water partition coefficient (Wildman–Crippen LogP) is 4.35. The number of carbonyl (C=O) groups is 1. The number of aryl methyl sites for hydroxylation is 1. The molecule has 1 amide bonds. The number of amides is 1. The number of hydrogen-bond acceptors (Lipinski definition) is 10. The Labute approximate surface area is 230 Å². The van der Waals surface area contributed by atoms with Gasteiger partial charge < -0.3 is 34.6 Å². The molecule has 0 aliphatic carbocycles. The van der Waals surface area contributed by atoms with Crippen LogP contribution in [-0.2, 0) is 9.36 Å². The molecule has 3 aromatic rings. The van der Waals surface area contributed by atoms with E-state index in [2.05, 4.69) is 25.6 Å². The number of nitrogens with one attached hydrogen (secondary N) is 2. The molecule has 40 heavy (non-hydrogen) atoms. The summed E-state index contributed by atoms with van der Waals surface area (Å²) in [5, 5.41) is 5.70. The summed E-state index contributed by atoms with van der Waals surface area (Å²) in [6.07, 6.45) is 0.0824. The smallest absolute Gasteiger partial charge is 0.345 e. The van der Waals surface area contributed by atoms with Crippen molar-refractivity contribution in [2.45, 2.75) is 27.7 Å². The van der Waals surface area contributed by atoms with Crippen LogP contribution in [-0.4, -0.2) is 58.3 Å². The normalized spacial score (nSPS) is 11.6. The summed E-state index contributed by atoms with van der Waals surface area (Å²) in [6, 6.07) is 6.35. The Morgan fingerprint density at radius 3 is 2.20 bits per heavy atom. The molecule has 0 unspecified atom stereocenters. The first kappa shape index (κ1) is 30.5. The Morgan fingerprint density at radius 2 is 1.68 bits per heavy atom. The number of carbonyl (C=O) groups excluding carboxylic acids is 1. The quantitative estimate of drug-likeness (QED) is 0.252. The van der Waals surface area contributed by atoms with Gasteiger partial charge in [-0.25, -0.2) is 14.4 Å². The molecule has 0 saturated heterocycles. The van der Waals surface area contributed by atoms with Crippen molar-refractivity contribution in [3.05, 3.63) is 41.8 Å². The summed E-state index contributed by atoms with van der Waals surface area (Å²) in [6.45, 7) is 6.51. The van der Waals surface area contributed by atoms with E-state index in [4.69, 9.17) is 14.2 Å². The lowest BCUT2D eigenvalue weighted by atomic mass is 9.95. The van der Waals surface area contributed by atoms with Gasteiger partial charge in [0, 0.05) is 23.2 Å². The minimum atomic E-state index is -4.65. The number of nitrogens with zero attached hydrogens (tertiary/aromatic N) is 4. The van der Waals surface area contributed by atoms with E-state index in [1.165, 1.54) is 27.4 Å². The van der Waals surface area contributed by atoms with Crippen LogP contribution in [0, 0.1) is 18.2 Å². The van der Waals surface area contributed by atoms with Crippen LogP contribution in [0.4, 0.5) is 33.5 Å². The van der Waals surface area contributed by atoms with E-state index in [0.29, 0.717) is 28.5 Å². The van der Waals surface area contributed by atoms with Crippen LogP contribution in [0.2, 0.25) is 0 Å². The maximum atomic E-state index is 14.7. The standard InChI is InChI=1S/C25H32FN6O7P/c1-14-8-9-19(30-22(14)32(13-40(34,35)36)23(33)25(2,3)4)29-21-16(26)12-27-24(31-21)28-15-10-17(37-5)20(39-7)18(11-15)38-6/h8-12H,13H2,1-7H3,(H2,34,35,36)(H2,27,28,29,30,31). The molecule has 2 aromatic heterocycles. The molecule has 0 aliphatic heterocycles. The molecule has 0 saturated carbocycles. The van der Waals surface area contributed by atoms with Crippen molar-refractivity contribution in [2.24, 2.45) is 5.41 Å². The Bertz CT molecular complexity index is 1420. The second-order valence-corrected chi connectivity index (χ2v) is 11.3. The zero-order chi connectivity index (χ0) is 29.8. The van der Waals surface area contributed by atoms with Gasteiger partial charge in [0.25, 0.3) is 0 Å². The maximum Gasteiger partial charge on any atom is 0.345 e. The average Bonchev–Trinajstić information content (AvgIpc) is 2.88. The van der Waals surface area contributed by atoms with E-state index in [1.807, 2.05) is 0 Å². The molecular formula is C25H32FN6O7P. The Kier molecular flexibility index (Phi) is 9.18. The average molecular weight is 579 g/mol. The van der Waals surface area contributed by atoms with Gasteiger partial charge in [0.1, 0.15) is 17.9 Å². The highest BCUT2D eigenvalue weighted by molar-refractivity contribution is 7.51. The largest absolute Gasteiger partial charge is 0.493 e. The molecule has 0 spiro atoms. The van der Waals surface area contributed by atoms with Crippen molar-refractivity contribution in [3.8, 4) is 17.2 Å². The monoisotopic (exact) mass is 578 g/mol. The third kappa shape index (κ3) is 7.34. The lowest BCUT2D eigenvalue weighted by molar-refractivity contribution is -0.125. The van der Waals surface area contributed by atoms with Crippen LogP contribution in [0.15, 0.2) is 30.5 Å². The molecule has 15 heteroatoms. The van der Waals surface area contributed by atoms with Crippen molar-refractivity contribution in [2.75, 3.05) is 43.1 Å². The zero-order valence-electron chi connectivity index (χ0n) is 23.1. The topological polar surface area (TPSA) is 168 Å². The number of hydrogen-bond donors (Lipinski definition) is 4. The van der Waals surface area contributed by atoms with Crippen LogP contribution >= 0.6 is 7.60 Å². The van der Waals surface area contributed by atoms with E-state index in [-0.39, 0.29) is 23.4 Å². The van der Waals surface area contributed by atoms with Gasteiger partial charge in [-0.05, 0) is 18.6 Å². The first-order valence-corrected chi connectivity index (χ1v) is 13.7. The molecule has 13 nitrogen and oxygen atoms in total. The first-order chi connectivity index (χ1) is 18.7. The van der Waals surface area contributed by atoms with Crippen molar-refractivity contribution < 1.29 is 37.7 Å². The molecule has 0 fully saturated rings. The van der Waals surface area contributed by atoms with Crippen molar-refractivity contribution >= 4 is 42.6 Å². The maximum absolute atomic E-state index is 14.7. The van der Waals surface area contributed by atoms with Crippen LogP contribution < -0.4 is 29.7 Å². The minimum Gasteiger partial charge on any atom is -0.493 e. The Hall–Kier alpha value is -4.00. The number of benzene rings is 1. The van der Waals surface area contributed by atoms with Crippen molar-refractivity contribution in [3.63, 3.8) is 0 Å². The fraction of sp³-hybridized carbons (Fsp3) is 0.360. The lowest BCUT2D eigenvalue weighted by Gasteiger charge is -2.30. The number of rotatable bonds is 10. The third-order valence-corrected chi connectivity index (χ3v) is 6.10. The lowest BCUT2D eigenvalue weighted by Crippen LogP contribution is -2.41. The second-order valence-electron chi connectivity index (χ2n) is 9.68. The summed E-state index contributed by atoms with van der Waals surface area (Å²) in [5.74, 6) is -0.320. The van der Waals surface area contributed by atoms with E-state index < -0.39 is 31.0 Å². The highest BCUT2D eigenvalue weighted by Gasteiger charge is 2.34. The molecule has 1 aromatic carbocycles. The Morgan fingerprint density at radius 1 is 1.05 bits per heavy atom. The molecular weight excluding hydrogens is 546 g/mol. The summed E-state index contributed by atoms with van der Waals surface area (Å²) < 4.78 is 42.6. The predicted molar refractivity (Wildman–Crippen MR) is 147 cm³/mol. The number of anilines is 5. The highest BCUT2D eigenvalue weighted by atomic mass is 31.2. The second kappa shape index (κ2) is 12.0. The fourth-order valence-corrected chi connectivity index (χ4v) is 4.23. The molecule has 3 rings (SSSR count). The number of ether oxygens (including phenoxy) is 3. The van der Waals surface area contributed by atoms with E-state index in [9.17, 15) is 23.5 Å². The molecule has 0 radical (unpaired) electrons. The molecule has 4 N–H and O–H groups in total. The summed E-state index contributed by atoms with van der Waals surface area (Å²) in [5.41, 5.74) is -0.0140. The molecule has 0 bridgehead atoms. The summed E-state index contributed by atoms with van der Waals surface area (Å²) >= 11 is 0. The number of methoxy groups -OCH3 is 3. The minimum absolute atomic E-state index is 0.0125. The highest BCUT2D eigenvalue weighted by Crippen LogP contribution is 2.41. The molecule has 216 valence electrons. The van der Waals surface area contributed by atoms with Gasteiger partial charge in [0.15, 0.2) is 23.1 Å². The Balaban J connectivity index is 1.96. The van der Waals surface area contributed by atoms with Gasteiger partial charge in [0.05, 0.1) is 27.5 Å². The summed E-state index contributed by atoms with van der Waals surface area (Å²) in [7, 11) is -0.234. The molecule has 0 aliphatic rings. The van der Waals surface area contributed by atoms with Crippen LogP contribution in [0.5, 0.6) is 17.2 Å². The van der Waals surface area contributed by atoms with Gasteiger partial charge in [-0.1, -0.05) is 26.8 Å². The third-order valence-electron chi connectivity index (χ3n) is 5.45. The van der Waals surface area contributed by atoms with Gasteiger partial charge in [-0.3, -0.25) is 14.3 Å². The SMILES string of the molecule is COc1cc(Nc2ncc(F)c(Nc3ccc(C)c(N(CP(=O)(O)O)C(=O)C(C)(C)C)n3)n2)cc(OC)c1OC. The van der Waals surface area contributed by atoms with Gasteiger partial charge >= 0.3 is 7.60 Å². The zero-order valence-corrected chi connectivity index (χ0v) is 24.0. The van der Waals surface area contributed by atoms with Gasteiger partial charge in [-0.15, -0.1) is 0 Å². The number of aromatic nitrogens is 3. The van der Waals surface area contributed by atoms with Crippen molar-refractivity contribution in [1.29, 1.82) is 0 Å². The number of halogens is 1. The fourth-order valence-electron chi connectivity index (χ4n) is 3.60. The first-order valence-electron chi connectivity index (χ1n) is 11.9. The number of pyridine rings is 1. The van der Waals surface area contributed by atoms with Gasteiger partial charge in [0.2, 0.25) is 17.6 Å². The van der Waals surface area contributed by atoms with E-state index >= 15 is 0 Å². The molecule has 0 atom stereocenters. The van der Waals surface area contributed by atoms with Crippen LogP contribution in [0.3, 0.4) is 0 Å².